The summed E-state index contributed by atoms with van der Waals surface area (Å²) in [5.41, 5.74) is 7.09. The molecule has 1 aliphatic carbocycles. The van der Waals surface area contributed by atoms with Crippen LogP contribution in [-0.2, 0) is 11.2 Å². The first-order valence-electron chi connectivity index (χ1n) is 9.82. The Kier molecular flexibility index (Phi) is 3.82. The average Bonchev–Trinajstić information content (AvgIpc) is 3.44. The smallest absolute Gasteiger partial charge is 0.256 e. The molecule has 3 aliphatic rings. The number of rotatable bonds is 2. The summed E-state index contributed by atoms with van der Waals surface area (Å²) in [7, 11) is 1.61. The van der Waals surface area contributed by atoms with Crippen molar-refractivity contribution in [3.8, 4) is 5.75 Å². The SMILES string of the molecule is COc1ccc2c(c1)NC(=O)/C2=C1/CCc2c1[nH]c(C)c2C(=O)N1CCCC1. The van der Waals surface area contributed by atoms with Crippen molar-refractivity contribution in [3.63, 3.8) is 0 Å². The van der Waals surface area contributed by atoms with Crippen LogP contribution in [0.1, 0.15) is 52.1 Å². The number of H-pyrrole nitrogens is 1. The number of aryl methyl sites for hydroxylation is 1. The van der Waals surface area contributed by atoms with Crippen molar-refractivity contribution in [2.75, 3.05) is 25.5 Å². The molecule has 0 bridgehead atoms. The number of aromatic amines is 1. The standard InChI is InChI=1S/C22H23N3O3/c1-12-18(22(27)25-9-3-4-10-25)15-7-8-16(20(15)23-12)19-14-6-5-13(28-2)11-17(14)24-21(19)26/h5-6,11,23H,3-4,7-10H2,1-2H3,(H,24,26)/b19-16-. The van der Waals surface area contributed by atoms with Crippen LogP contribution >= 0.6 is 0 Å². The van der Waals surface area contributed by atoms with Gasteiger partial charge in [-0.25, -0.2) is 0 Å². The summed E-state index contributed by atoms with van der Waals surface area (Å²) in [6.45, 7) is 3.63. The molecule has 0 spiro atoms. The second kappa shape index (κ2) is 6.26. The highest BCUT2D eigenvalue weighted by Crippen LogP contribution is 2.45. The maximum atomic E-state index is 13.0. The number of amides is 2. The minimum atomic E-state index is -0.0919. The Labute approximate surface area is 163 Å². The number of benzene rings is 1. The number of carbonyl (C=O) groups excluding carboxylic acids is 2. The van der Waals surface area contributed by atoms with Crippen LogP contribution in [0.5, 0.6) is 5.75 Å². The van der Waals surface area contributed by atoms with Gasteiger partial charge in [-0.3, -0.25) is 9.59 Å². The number of hydrogen-bond donors (Lipinski definition) is 2. The minimum absolute atomic E-state index is 0.0919. The van der Waals surface area contributed by atoms with Gasteiger partial charge in [0, 0.05) is 36.1 Å². The molecule has 1 aromatic carbocycles. The molecule has 0 atom stereocenters. The van der Waals surface area contributed by atoms with Crippen molar-refractivity contribution in [1.29, 1.82) is 0 Å². The molecule has 1 fully saturated rings. The lowest BCUT2D eigenvalue weighted by atomic mass is 9.99. The highest BCUT2D eigenvalue weighted by atomic mass is 16.5. The molecule has 2 aromatic rings. The van der Waals surface area contributed by atoms with Gasteiger partial charge in [-0.15, -0.1) is 0 Å². The largest absolute Gasteiger partial charge is 0.497 e. The van der Waals surface area contributed by atoms with E-state index in [1.54, 1.807) is 7.11 Å². The Balaban J connectivity index is 1.61. The number of allylic oxidation sites excluding steroid dienone is 1. The van der Waals surface area contributed by atoms with Crippen LogP contribution in [0.15, 0.2) is 18.2 Å². The molecule has 2 N–H and O–H groups in total. The zero-order chi connectivity index (χ0) is 19.4. The zero-order valence-corrected chi connectivity index (χ0v) is 16.1. The third kappa shape index (κ3) is 2.40. The molecular formula is C22H23N3O3. The third-order valence-electron chi connectivity index (χ3n) is 6.10. The molecule has 144 valence electrons. The molecule has 6 nitrogen and oxygen atoms in total. The average molecular weight is 377 g/mol. The molecule has 0 unspecified atom stereocenters. The number of nitrogens with one attached hydrogen (secondary N) is 2. The molecule has 3 heterocycles. The van der Waals surface area contributed by atoms with E-state index in [2.05, 4.69) is 10.3 Å². The summed E-state index contributed by atoms with van der Waals surface area (Å²) in [5.74, 6) is 0.747. The zero-order valence-electron chi connectivity index (χ0n) is 16.1. The van der Waals surface area contributed by atoms with E-state index in [0.29, 0.717) is 11.3 Å². The van der Waals surface area contributed by atoms with Crippen LogP contribution in [-0.4, -0.2) is 41.9 Å². The van der Waals surface area contributed by atoms with Crippen molar-refractivity contribution in [1.82, 2.24) is 9.88 Å². The van der Waals surface area contributed by atoms with Gasteiger partial charge in [0.05, 0.1) is 23.9 Å². The van der Waals surface area contributed by atoms with E-state index in [-0.39, 0.29) is 11.8 Å². The topological polar surface area (TPSA) is 74.4 Å². The second-order valence-corrected chi connectivity index (χ2v) is 7.70. The number of anilines is 1. The van der Waals surface area contributed by atoms with Gasteiger partial charge >= 0.3 is 0 Å². The molecule has 0 radical (unpaired) electrons. The van der Waals surface area contributed by atoms with Gasteiger partial charge in [-0.05, 0) is 55.9 Å². The maximum absolute atomic E-state index is 13.0. The summed E-state index contributed by atoms with van der Waals surface area (Å²) in [4.78, 5) is 31.2. The minimum Gasteiger partial charge on any atom is -0.497 e. The van der Waals surface area contributed by atoms with Gasteiger partial charge in [-0.1, -0.05) is 0 Å². The number of hydrogen-bond acceptors (Lipinski definition) is 3. The molecule has 2 aliphatic heterocycles. The summed E-state index contributed by atoms with van der Waals surface area (Å²) < 4.78 is 5.27. The second-order valence-electron chi connectivity index (χ2n) is 7.70. The Morgan fingerprint density at radius 1 is 1.18 bits per heavy atom. The van der Waals surface area contributed by atoms with Crippen LogP contribution in [0.25, 0.3) is 11.1 Å². The van der Waals surface area contributed by atoms with E-state index in [1.165, 1.54) is 0 Å². The quantitative estimate of drug-likeness (QED) is 0.788. The van der Waals surface area contributed by atoms with Crippen molar-refractivity contribution >= 4 is 28.6 Å². The maximum Gasteiger partial charge on any atom is 0.256 e. The number of fused-ring (bicyclic) bond motifs is 2. The van der Waals surface area contributed by atoms with Gasteiger partial charge in [0.2, 0.25) is 0 Å². The number of likely N-dealkylation sites (tertiary alicyclic amines) is 1. The van der Waals surface area contributed by atoms with E-state index in [0.717, 1.165) is 78.1 Å². The Morgan fingerprint density at radius 2 is 1.96 bits per heavy atom. The molecule has 1 saturated heterocycles. The third-order valence-corrected chi connectivity index (χ3v) is 6.10. The lowest BCUT2D eigenvalue weighted by Crippen LogP contribution is -2.28. The normalized spacial score (nSPS) is 20.4. The van der Waals surface area contributed by atoms with Crippen LogP contribution in [0.3, 0.4) is 0 Å². The summed E-state index contributed by atoms with van der Waals surface area (Å²) in [6, 6.07) is 5.65. The Morgan fingerprint density at radius 3 is 2.71 bits per heavy atom. The van der Waals surface area contributed by atoms with Crippen LogP contribution in [0, 0.1) is 6.92 Å². The summed E-state index contributed by atoms with van der Waals surface area (Å²) >= 11 is 0. The molecule has 6 heteroatoms. The van der Waals surface area contributed by atoms with Crippen molar-refractivity contribution < 1.29 is 14.3 Å². The van der Waals surface area contributed by atoms with Gasteiger partial charge < -0.3 is 19.9 Å². The van der Waals surface area contributed by atoms with Gasteiger partial charge in [0.1, 0.15) is 5.75 Å². The number of ether oxygens (including phenoxy) is 1. The van der Waals surface area contributed by atoms with E-state index in [4.69, 9.17) is 4.74 Å². The van der Waals surface area contributed by atoms with E-state index >= 15 is 0 Å². The molecule has 5 rings (SSSR count). The number of methoxy groups -OCH3 is 1. The molecule has 28 heavy (non-hydrogen) atoms. The van der Waals surface area contributed by atoms with E-state index in [1.807, 2.05) is 30.0 Å². The molecule has 1 aromatic heterocycles. The van der Waals surface area contributed by atoms with Gasteiger partial charge in [0.15, 0.2) is 0 Å². The predicted molar refractivity (Wildman–Crippen MR) is 107 cm³/mol. The molecule has 0 saturated carbocycles. The highest BCUT2D eigenvalue weighted by molar-refractivity contribution is 6.37. The Hall–Kier alpha value is -3.02. The first-order chi connectivity index (χ1) is 13.6. The lowest BCUT2D eigenvalue weighted by molar-refractivity contribution is -0.110. The first-order valence-corrected chi connectivity index (χ1v) is 9.82. The van der Waals surface area contributed by atoms with Crippen molar-refractivity contribution in [2.45, 2.75) is 32.6 Å². The van der Waals surface area contributed by atoms with Crippen LogP contribution < -0.4 is 10.1 Å². The predicted octanol–water partition coefficient (Wildman–Crippen LogP) is 3.38. The van der Waals surface area contributed by atoms with E-state index < -0.39 is 0 Å². The van der Waals surface area contributed by atoms with E-state index in [9.17, 15) is 9.59 Å². The van der Waals surface area contributed by atoms with Crippen molar-refractivity contribution in [3.05, 3.63) is 46.3 Å². The molecular weight excluding hydrogens is 354 g/mol. The fourth-order valence-corrected chi connectivity index (χ4v) is 4.76. The van der Waals surface area contributed by atoms with Crippen molar-refractivity contribution in [2.24, 2.45) is 0 Å². The van der Waals surface area contributed by atoms with Gasteiger partial charge in [0.25, 0.3) is 11.8 Å². The number of aromatic nitrogens is 1. The molecule has 2 amide bonds. The monoisotopic (exact) mass is 377 g/mol. The lowest BCUT2D eigenvalue weighted by Gasteiger charge is -2.15. The summed E-state index contributed by atoms with van der Waals surface area (Å²) in [5, 5.41) is 2.95. The number of nitrogens with zero attached hydrogens (tertiary/aromatic N) is 1. The van der Waals surface area contributed by atoms with Crippen LogP contribution in [0.4, 0.5) is 5.69 Å². The number of carbonyl (C=O) groups is 2. The Bertz CT molecular complexity index is 1040. The first kappa shape index (κ1) is 17.1. The fraction of sp³-hybridized carbons (Fsp3) is 0.364. The van der Waals surface area contributed by atoms with Crippen LogP contribution in [0.2, 0.25) is 0 Å². The fourth-order valence-electron chi connectivity index (χ4n) is 4.76. The van der Waals surface area contributed by atoms with Gasteiger partial charge in [-0.2, -0.15) is 0 Å². The summed E-state index contributed by atoms with van der Waals surface area (Å²) in [6.07, 6.45) is 3.70. The highest BCUT2D eigenvalue weighted by Gasteiger charge is 2.35.